The first-order chi connectivity index (χ1) is 11.2. The number of nitrogens with one attached hydrogen (secondary N) is 1. The minimum absolute atomic E-state index is 0.275. The van der Waals surface area contributed by atoms with Gasteiger partial charge in [0.15, 0.2) is 5.82 Å². The van der Waals surface area contributed by atoms with Gasteiger partial charge in [0, 0.05) is 25.4 Å². The normalized spacial score (nSPS) is 10.6. The number of aromatic nitrogens is 4. The van der Waals surface area contributed by atoms with E-state index >= 15 is 0 Å². The summed E-state index contributed by atoms with van der Waals surface area (Å²) in [6.45, 7) is 0.574. The van der Waals surface area contributed by atoms with E-state index in [1.165, 1.54) is 13.3 Å². The highest BCUT2D eigenvalue weighted by molar-refractivity contribution is 6.32. The van der Waals surface area contributed by atoms with Gasteiger partial charge < -0.3 is 10.1 Å². The Hall–Kier alpha value is -2.60. The maximum Gasteiger partial charge on any atom is 0.318 e. The first-order valence-corrected chi connectivity index (χ1v) is 7.42. The van der Waals surface area contributed by atoms with Crippen molar-refractivity contribution in [3.8, 4) is 17.1 Å². The Kier molecular flexibility index (Phi) is 4.43. The highest BCUT2D eigenvalue weighted by Gasteiger charge is 2.09. The summed E-state index contributed by atoms with van der Waals surface area (Å²) in [4.78, 5) is 8.18. The molecule has 0 bridgehead atoms. The molecule has 0 unspecified atom stereocenters. The third kappa shape index (κ3) is 3.43. The van der Waals surface area contributed by atoms with E-state index < -0.39 is 0 Å². The summed E-state index contributed by atoms with van der Waals surface area (Å²) >= 11 is 6.12. The van der Waals surface area contributed by atoms with Crippen LogP contribution in [-0.2, 0) is 13.6 Å². The molecule has 118 valence electrons. The van der Waals surface area contributed by atoms with Crippen LogP contribution in [-0.4, -0.2) is 26.9 Å². The lowest BCUT2D eigenvalue weighted by atomic mass is 10.0. The molecule has 2 aromatic heterocycles. The zero-order valence-corrected chi connectivity index (χ0v) is 13.6. The molecular formula is C16H16ClN5O. The average molecular weight is 330 g/mol. The molecule has 3 aromatic rings. The molecule has 6 nitrogen and oxygen atoms in total. The molecule has 7 heteroatoms. The van der Waals surface area contributed by atoms with Gasteiger partial charge >= 0.3 is 6.01 Å². The molecule has 0 spiro atoms. The van der Waals surface area contributed by atoms with Crippen molar-refractivity contribution in [1.29, 1.82) is 0 Å². The monoisotopic (exact) mass is 329 g/mol. The Morgan fingerprint density at radius 1 is 1.26 bits per heavy atom. The zero-order chi connectivity index (χ0) is 16.2. The van der Waals surface area contributed by atoms with Gasteiger partial charge in [0.25, 0.3) is 0 Å². The second-order valence-electron chi connectivity index (χ2n) is 4.97. The van der Waals surface area contributed by atoms with E-state index in [0.717, 1.165) is 16.7 Å². The smallest absolute Gasteiger partial charge is 0.318 e. The maximum absolute atomic E-state index is 6.12. The number of aryl methyl sites for hydroxylation is 1. The van der Waals surface area contributed by atoms with E-state index in [2.05, 4.69) is 32.5 Å². The number of anilines is 1. The van der Waals surface area contributed by atoms with Gasteiger partial charge in [-0.3, -0.25) is 4.68 Å². The number of ether oxygens (including phenoxy) is 1. The van der Waals surface area contributed by atoms with Gasteiger partial charge in [0.2, 0.25) is 0 Å². The van der Waals surface area contributed by atoms with Crippen LogP contribution in [0.5, 0.6) is 6.01 Å². The van der Waals surface area contributed by atoms with Gasteiger partial charge in [-0.2, -0.15) is 10.1 Å². The Morgan fingerprint density at radius 2 is 2.09 bits per heavy atom. The fourth-order valence-corrected chi connectivity index (χ4v) is 2.43. The molecular weight excluding hydrogens is 314 g/mol. The molecule has 23 heavy (non-hydrogen) atoms. The molecule has 1 N–H and O–H groups in total. The predicted octanol–water partition coefficient (Wildman–Crippen LogP) is 3.15. The maximum atomic E-state index is 6.12. The van der Waals surface area contributed by atoms with E-state index in [4.69, 9.17) is 16.3 Å². The molecule has 0 aliphatic rings. The van der Waals surface area contributed by atoms with Crippen LogP contribution in [0.4, 0.5) is 5.82 Å². The second kappa shape index (κ2) is 6.66. The first kappa shape index (κ1) is 15.3. The molecule has 0 saturated heterocycles. The first-order valence-electron chi connectivity index (χ1n) is 7.04. The quantitative estimate of drug-likeness (QED) is 0.779. The summed E-state index contributed by atoms with van der Waals surface area (Å²) < 4.78 is 6.81. The van der Waals surface area contributed by atoms with Gasteiger partial charge in [-0.25, -0.2) is 4.98 Å². The van der Waals surface area contributed by atoms with Crippen LogP contribution in [0.3, 0.4) is 0 Å². The van der Waals surface area contributed by atoms with E-state index in [1.54, 1.807) is 4.68 Å². The number of halogens is 1. The molecule has 0 aliphatic heterocycles. The number of hydrogen-bond acceptors (Lipinski definition) is 5. The molecule has 0 fully saturated rings. The van der Waals surface area contributed by atoms with Crippen molar-refractivity contribution >= 4 is 17.4 Å². The SMILES string of the molecule is COc1ncc(Cl)c(NCc2ccccc2-c2cnn(C)c2)n1. The van der Waals surface area contributed by atoms with E-state index in [-0.39, 0.29) is 6.01 Å². The van der Waals surface area contributed by atoms with Crippen molar-refractivity contribution in [1.82, 2.24) is 19.7 Å². The van der Waals surface area contributed by atoms with Crippen LogP contribution >= 0.6 is 11.6 Å². The average Bonchev–Trinajstić information content (AvgIpc) is 3.01. The Balaban J connectivity index is 1.84. The van der Waals surface area contributed by atoms with Gasteiger partial charge in [0.1, 0.15) is 5.02 Å². The fourth-order valence-electron chi connectivity index (χ4n) is 2.27. The van der Waals surface area contributed by atoms with E-state index in [0.29, 0.717) is 17.4 Å². The van der Waals surface area contributed by atoms with Crippen molar-refractivity contribution in [3.63, 3.8) is 0 Å². The summed E-state index contributed by atoms with van der Waals surface area (Å²) in [5.74, 6) is 0.541. The van der Waals surface area contributed by atoms with E-state index in [1.807, 2.05) is 31.6 Å². The van der Waals surface area contributed by atoms with Crippen LogP contribution in [0.25, 0.3) is 11.1 Å². The molecule has 0 aliphatic carbocycles. The van der Waals surface area contributed by atoms with Gasteiger partial charge in [-0.1, -0.05) is 35.9 Å². The zero-order valence-electron chi connectivity index (χ0n) is 12.8. The van der Waals surface area contributed by atoms with Crippen LogP contribution < -0.4 is 10.1 Å². The summed E-state index contributed by atoms with van der Waals surface area (Å²) in [6.07, 6.45) is 5.35. The Labute approximate surface area is 139 Å². The van der Waals surface area contributed by atoms with Gasteiger partial charge in [0.05, 0.1) is 19.5 Å². The highest BCUT2D eigenvalue weighted by Crippen LogP contribution is 2.25. The molecule has 0 radical (unpaired) electrons. The molecule has 2 heterocycles. The largest absolute Gasteiger partial charge is 0.467 e. The third-order valence-corrected chi connectivity index (χ3v) is 3.66. The molecule has 0 atom stereocenters. The molecule has 0 saturated carbocycles. The summed E-state index contributed by atoms with van der Waals surface area (Å²) in [5, 5.41) is 7.91. The minimum Gasteiger partial charge on any atom is -0.467 e. The lowest BCUT2D eigenvalue weighted by molar-refractivity contribution is 0.380. The van der Waals surface area contributed by atoms with Gasteiger partial charge in [-0.15, -0.1) is 0 Å². The standard InChI is InChI=1S/C16H16ClN5O/c1-22-10-12(8-20-22)13-6-4-3-5-11(13)7-18-15-14(17)9-19-16(21-15)23-2/h3-6,8-10H,7H2,1-2H3,(H,18,19,21). The minimum atomic E-state index is 0.275. The summed E-state index contributed by atoms with van der Waals surface area (Å²) in [7, 11) is 3.42. The van der Waals surface area contributed by atoms with Crippen molar-refractivity contribution in [3.05, 3.63) is 53.4 Å². The van der Waals surface area contributed by atoms with Crippen molar-refractivity contribution in [2.24, 2.45) is 7.05 Å². The summed E-state index contributed by atoms with van der Waals surface area (Å²) in [5.41, 5.74) is 3.30. The number of rotatable bonds is 5. The number of benzene rings is 1. The predicted molar refractivity (Wildman–Crippen MR) is 89.6 cm³/mol. The second-order valence-corrected chi connectivity index (χ2v) is 5.37. The lowest BCUT2D eigenvalue weighted by Gasteiger charge is -2.11. The number of hydrogen-bond donors (Lipinski definition) is 1. The summed E-state index contributed by atoms with van der Waals surface area (Å²) in [6, 6.07) is 8.40. The van der Waals surface area contributed by atoms with Crippen LogP contribution in [0.1, 0.15) is 5.56 Å². The van der Waals surface area contributed by atoms with Crippen molar-refractivity contribution < 1.29 is 4.74 Å². The lowest BCUT2D eigenvalue weighted by Crippen LogP contribution is -2.05. The number of methoxy groups -OCH3 is 1. The van der Waals surface area contributed by atoms with Crippen LogP contribution in [0.15, 0.2) is 42.9 Å². The Morgan fingerprint density at radius 3 is 2.83 bits per heavy atom. The molecule has 0 amide bonds. The van der Waals surface area contributed by atoms with Crippen LogP contribution in [0.2, 0.25) is 5.02 Å². The fraction of sp³-hybridized carbons (Fsp3) is 0.188. The van der Waals surface area contributed by atoms with Crippen molar-refractivity contribution in [2.45, 2.75) is 6.54 Å². The highest BCUT2D eigenvalue weighted by atomic mass is 35.5. The van der Waals surface area contributed by atoms with Crippen LogP contribution in [0, 0.1) is 0 Å². The molecule has 1 aromatic carbocycles. The number of nitrogens with zero attached hydrogens (tertiary/aromatic N) is 4. The molecule has 3 rings (SSSR count). The third-order valence-electron chi connectivity index (χ3n) is 3.38. The van der Waals surface area contributed by atoms with E-state index in [9.17, 15) is 0 Å². The Bertz CT molecular complexity index is 818. The topological polar surface area (TPSA) is 64.9 Å². The van der Waals surface area contributed by atoms with Crippen molar-refractivity contribution in [2.75, 3.05) is 12.4 Å². The van der Waals surface area contributed by atoms with Gasteiger partial charge in [-0.05, 0) is 11.1 Å².